The van der Waals surface area contributed by atoms with Gasteiger partial charge in [0, 0.05) is 6.54 Å². The molecular weight excluding hydrogens is 251 g/mol. The number of nitrogens with zero attached hydrogens (tertiary/aromatic N) is 1. The second-order valence-electron chi connectivity index (χ2n) is 4.26. The molecule has 5 nitrogen and oxygen atoms in total. The summed E-state index contributed by atoms with van der Waals surface area (Å²) in [5, 5.41) is 13.7. The fraction of sp³-hybridized carbons (Fsp3) is 0.385. The molecule has 0 fully saturated rings. The molecule has 0 saturated heterocycles. The fourth-order valence-electron chi connectivity index (χ4n) is 1.99. The zero-order chi connectivity index (χ0) is 13.7. The molecule has 102 valence electrons. The van der Waals surface area contributed by atoms with Gasteiger partial charge in [-0.2, -0.15) is 4.39 Å². The second-order valence-corrected chi connectivity index (χ2v) is 4.26. The van der Waals surface area contributed by atoms with E-state index in [-0.39, 0.29) is 5.69 Å². The van der Waals surface area contributed by atoms with Gasteiger partial charge >= 0.3 is 5.69 Å². The molecule has 0 saturated carbocycles. The molecule has 0 atom stereocenters. The molecule has 0 aliphatic carbocycles. The number of nitro benzene ring substituents is 1. The van der Waals surface area contributed by atoms with Gasteiger partial charge in [-0.05, 0) is 25.0 Å². The van der Waals surface area contributed by atoms with E-state index in [2.05, 4.69) is 5.32 Å². The summed E-state index contributed by atoms with van der Waals surface area (Å²) in [7, 11) is 0. The van der Waals surface area contributed by atoms with Gasteiger partial charge in [0.1, 0.15) is 5.69 Å². The topological polar surface area (TPSA) is 64.4 Å². The molecule has 1 aliphatic rings. The van der Waals surface area contributed by atoms with Gasteiger partial charge in [0.2, 0.25) is 5.82 Å². The van der Waals surface area contributed by atoms with E-state index in [0.717, 1.165) is 18.9 Å². The van der Waals surface area contributed by atoms with Crippen molar-refractivity contribution in [2.24, 2.45) is 0 Å². The van der Waals surface area contributed by atoms with Crippen molar-refractivity contribution in [1.82, 2.24) is 0 Å². The number of nitro groups is 1. The summed E-state index contributed by atoms with van der Waals surface area (Å²) in [6.07, 6.45) is 3.68. The number of nitrogens with one attached hydrogen (secondary N) is 1. The molecule has 1 aliphatic heterocycles. The minimum Gasteiger partial charge on any atom is -0.379 e. The molecule has 0 radical (unpaired) electrons. The highest BCUT2D eigenvalue weighted by atomic mass is 19.1. The molecule has 1 heterocycles. The van der Waals surface area contributed by atoms with Gasteiger partial charge in [0.15, 0.2) is 0 Å². The Bertz CT molecular complexity index is 503. The van der Waals surface area contributed by atoms with Gasteiger partial charge in [0.25, 0.3) is 0 Å². The van der Waals surface area contributed by atoms with Gasteiger partial charge in [-0.15, -0.1) is 0 Å². The SMILES string of the molecule is O=[N+]([O-])c1c(F)cccc1NCCC1=CCOCC1. The van der Waals surface area contributed by atoms with Crippen molar-refractivity contribution in [2.45, 2.75) is 12.8 Å². The van der Waals surface area contributed by atoms with Crippen LogP contribution in [0.15, 0.2) is 29.8 Å². The van der Waals surface area contributed by atoms with Crippen molar-refractivity contribution in [3.63, 3.8) is 0 Å². The van der Waals surface area contributed by atoms with E-state index >= 15 is 0 Å². The highest BCUT2D eigenvalue weighted by Crippen LogP contribution is 2.27. The highest BCUT2D eigenvalue weighted by Gasteiger charge is 2.19. The molecule has 0 spiro atoms. The molecule has 19 heavy (non-hydrogen) atoms. The van der Waals surface area contributed by atoms with E-state index < -0.39 is 16.4 Å². The molecule has 0 bridgehead atoms. The van der Waals surface area contributed by atoms with Gasteiger partial charge in [-0.25, -0.2) is 0 Å². The van der Waals surface area contributed by atoms with Gasteiger partial charge < -0.3 is 10.1 Å². The third kappa shape index (κ3) is 3.51. The number of para-hydroxylation sites is 1. The number of halogens is 1. The third-order valence-corrected chi connectivity index (χ3v) is 2.99. The molecular formula is C13H15FN2O3. The van der Waals surface area contributed by atoms with Crippen molar-refractivity contribution in [3.05, 3.63) is 45.8 Å². The van der Waals surface area contributed by atoms with Gasteiger partial charge in [-0.1, -0.05) is 17.7 Å². The summed E-state index contributed by atoms with van der Waals surface area (Å²) in [5.41, 5.74) is 0.985. The van der Waals surface area contributed by atoms with Crippen LogP contribution in [0.25, 0.3) is 0 Å². The van der Waals surface area contributed by atoms with E-state index in [1.807, 2.05) is 6.08 Å². The first kappa shape index (κ1) is 13.5. The Morgan fingerprint density at radius 3 is 3.00 bits per heavy atom. The average molecular weight is 266 g/mol. The maximum atomic E-state index is 13.4. The van der Waals surface area contributed by atoms with E-state index in [0.29, 0.717) is 19.8 Å². The van der Waals surface area contributed by atoms with Crippen LogP contribution in [-0.4, -0.2) is 24.7 Å². The van der Waals surface area contributed by atoms with Crippen LogP contribution in [-0.2, 0) is 4.74 Å². The number of benzene rings is 1. The molecule has 0 aromatic heterocycles. The number of anilines is 1. The molecule has 1 aromatic carbocycles. The summed E-state index contributed by atoms with van der Waals surface area (Å²) in [5.74, 6) is -0.819. The first-order valence-electron chi connectivity index (χ1n) is 6.11. The zero-order valence-corrected chi connectivity index (χ0v) is 10.4. The predicted octanol–water partition coefficient (Wildman–Crippen LogP) is 2.88. The monoisotopic (exact) mass is 266 g/mol. The van der Waals surface area contributed by atoms with Crippen LogP contribution in [0.5, 0.6) is 0 Å². The van der Waals surface area contributed by atoms with Crippen LogP contribution in [0, 0.1) is 15.9 Å². The maximum Gasteiger partial charge on any atom is 0.327 e. The van der Waals surface area contributed by atoms with E-state index in [1.165, 1.54) is 17.7 Å². The minimum absolute atomic E-state index is 0.220. The van der Waals surface area contributed by atoms with Crippen molar-refractivity contribution >= 4 is 11.4 Å². The lowest BCUT2D eigenvalue weighted by Crippen LogP contribution is -2.10. The first-order valence-corrected chi connectivity index (χ1v) is 6.11. The summed E-state index contributed by atoms with van der Waals surface area (Å²) in [6, 6.07) is 4.06. The Labute approximate surface area is 110 Å². The molecule has 1 N–H and O–H groups in total. The lowest BCUT2D eigenvalue weighted by Gasteiger charge is -2.14. The van der Waals surface area contributed by atoms with Crippen LogP contribution >= 0.6 is 0 Å². The smallest absolute Gasteiger partial charge is 0.327 e. The number of ether oxygens (including phenoxy) is 1. The van der Waals surface area contributed by atoms with Crippen LogP contribution in [0.4, 0.5) is 15.8 Å². The normalized spacial score (nSPS) is 14.9. The summed E-state index contributed by atoms with van der Waals surface area (Å²) in [6.45, 7) is 1.87. The molecule has 2 rings (SSSR count). The maximum absolute atomic E-state index is 13.4. The Balaban J connectivity index is 1.97. The Morgan fingerprint density at radius 1 is 1.47 bits per heavy atom. The van der Waals surface area contributed by atoms with Crippen LogP contribution < -0.4 is 5.32 Å². The summed E-state index contributed by atoms with van der Waals surface area (Å²) < 4.78 is 18.6. The van der Waals surface area contributed by atoms with E-state index in [9.17, 15) is 14.5 Å². The average Bonchev–Trinajstić information content (AvgIpc) is 2.39. The third-order valence-electron chi connectivity index (χ3n) is 2.99. The summed E-state index contributed by atoms with van der Waals surface area (Å²) in [4.78, 5) is 10.1. The molecule has 0 unspecified atom stereocenters. The summed E-state index contributed by atoms with van der Waals surface area (Å²) >= 11 is 0. The Hall–Kier alpha value is -1.95. The van der Waals surface area contributed by atoms with Crippen molar-refractivity contribution in [2.75, 3.05) is 25.1 Å². The fourth-order valence-corrected chi connectivity index (χ4v) is 1.99. The Kier molecular flexibility index (Phi) is 4.46. The van der Waals surface area contributed by atoms with Crippen LogP contribution in [0.1, 0.15) is 12.8 Å². The van der Waals surface area contributed by atoms with E-state index in [4.69, 9.17) is 4.74 Å². The molecule has 6 heteroatoms. The Morgan fingerprint density at radius 2 is 2.32 bits per heavy atom. The number of hydrogen-bond donors (Lipinski definition) is 1. The molecule has 0 amide bonds. The lowest BCUT2D eigenvalue weighted by molar-refractivity contribution is -0.386. The van der Waals surface area contributed by atoms with Crippen LogP contribution in [0.3, 0.4) is 0 Å². The predicted molar refractivity (Wildman–Crippen MR) is 69.7 cm³/mol. The van der Waals surface area contributed by atoms with Crippen LogP contribution in [0.2, 0.25) is 0 Å². The van der Waals surface area contributed by atoms with Gasteiger partial charge in [-0.3, -0.25) is 10.1 Å². The highest BCUT2D eigenvalue weighted by molar-refractivity contribution is 5.61. The van der Waals surface area contributed by atoms with E-state index in [1.54, 1.807) is 0 Å². The standard InChI is InChI=1S/C13H15FN2O3/c14-11-2-1-3-12(13(11)16(17)18)15-7-4-10-5-8-19-9-6-10/h1-3,5,15H,4,6-9H2. The number of hydrogen-bond acceptors (Lipinski definition) is 4. The first-order chi connectivity index (χ1) is 9.18. The van der Waals surface area contributed by atoms with Crippen molar-refractivity contribution in [3.8, 4) is 0 Å². The van der Waals surface area contributed by atoms with Gasteiger partial charge in [0.05, 0.1) is 18.1 Å². The second kappa shape index (κ2) is 6.29. The number of rotatable bonds is 5. The largest absolute Gasteiger partial charge is 0.379 e. The minimum atomic E-state index is -0.819. The lowest BCUT2D eigenvalue weighted by atomic mass is 10.1. The quantitative estimate of drug-likeness (QED) is 0.505. The molecule has 1 aromatic rings. The zero-order valence-electron chi connectivity index (χ0n) is 10.4. The van der Waals surface area contributed by atoms with Crippen molar-refractivity contribution < 1.29 is 14.1 Å². The van der Waals surface area contributed by atoms with Crippen molar-refractivity contribution in [1.29, 1.82) is 0 Å².